The monoisotopic (exact) mass is 154 g/mol. The molecule has 6 heteroatoms. The Kier molecular flexibility index (Phi) is 8.33. The number of aliphatic carboxylic acids is 1. The molecule has 0 atom stereocenters. The molecule has 0 aliphatic rings. The van der Waals surface area contributed by atoms with E-state index in [-0.39, 0.29) is 29.6 Å². The molecule has 0 heterocycles. The molecule has 0 saturated heterocycles. The van der Waals surface area contributed by atoms with E-state index in [2.05, 4.69) is 4.89 Å². The van der Waals surface area contributed by atoms with Gasteiger partial charge in [-0.05, 0) is 6.08 Å². The number of hydrogen-bond acceptors (Lipinski definition) is 5. The first-order valence-electron chi connectivity index (χ1n) is 1.91. The van der Waals surface area contributed by atoms with Crippen LogP contribution >= 0.6 is 0 Å². The van der Waals surface area contributed by atoms with Crippen LogP contribution in [-0.2, 0) is 14.5 Å². The molecule has 0 aliphatic heterocycles. The summed E-state index contributed by atoms with van der Waals surface area (Å²) in [5.74, 6) is -2.68. The van der Waals surface area contributed by atoms with E-state index >= 15 is 0 Å². The van der Waals surface area contributed by atoms with Gasteiger partial charge in [-0.1, -0.05) is 0 Å². The number of rotatable bonds is 2. The predicted octanol–water partition coefficient (Wildman–Crippen LogP) is -4.69. The fourth-order valence-electron chi connectivity index (χ4n) is 0.167. The smallest absolute Gasteiger partial charge is 0.545 e. The maximum Gasteiger partial charge on any atom is 1.00 e. The Labute approximate surface area is 78.5 Å². The maximum atomic E-state index is 9.87. The molecule has 0 aromatic rings. The third-order valence-corrected chi connectivity index (χ3v) is 0.445. The van der Waals surface area contributed by atoms with Crippen molar-refractivity contribution in [3.05, 3.63) is 12.2 Å². The Morgan fingerprint density at radius 2 is 1.90 bits per heavy atom. The zero-order chi connectivity index (χ0) is 7.28. The van der Waals surface area contributed by atoms with Crippen LogP contribution in [-0.4, -0.2) is 17.2 Å². The summed E-state index contributed by atoms with van der Waals surface area (Å²) >= 11 is 0. The molecule has 0 radical (unpaired) electrons. The second-order valence-corrected chi connectivity index (χ2v) is 1.06. The average molecular weight is 154 g/mol. The van der Waals surface area contributed by atoms with Crippen molar-refractivity contribution in [2.45, 2.75) is 0 Å². The summed E-state index contributed by atoms with van der Waals surface area (Å²) in [6.07, 6.45) is 0.966. The van der Waals surface area contributed by atoms with Gasteiger partial charge in [-0.2, -0.15) is 5.26 Å². The van der Waals surface area contributed by atoms with E-state index in [0.29, 0.717) is 12.2 Å². The molecule has 0 fully saturated rings. The normalized spacial score (nSPS) is 8.50. The molecular formula is C4H3NaO5. The van der Waals surface area contributed by atoms with Crippen molar-refractivity contribution in [2.75, 3.05) is 0 Å². The Morgan fingerprint density at radius 3 is 2.20 bits per heavy atom. The van der Waals surface area contributed by atoms with Crippen LogP contribution in [0.2, 0.25) is 0 Å². The van der Waals surface area contributed by atoms with Gasteiger partial charge in [0.2, 0.25) is 0 Å². The third-order valence-electron chi connectivity index (χ3n) is 0.445. The molecule has 5 nitrogen and oxygen atoms in total. The Morgan fingerprint density at radius 1 is 1.40 bits per heavy atom. The van der Waals surface area contributed by atoms with Crippen molar-refractivity contribution in [1.82, 2.24) is 0 Å². The molecule has 0 aliphatic carbocycles. The zero-order valence-corrected chi connectivity index (χ0v) is 7.23. The molecule has 10 heavy (non-hydrogen) atoms. The van der Waals surface area contributed by atoms with Crippen LogP contribution in [0.4, 0.5) is 0 Å². The van der Waals surface area contributed by atoms with Gasteiger partial charge in [0.05, 0.1) is 5.97 Å². The first-order chi connectivity index (χ1) is 4.16. The Hall–Kier alpha value is -0.360. The van der Waals surface area contributed by atoms with E-state index in [1.165, 1.54) is 0 Å². The van der Waals surface area contributed by atoms with Gasteiger partial charge in [-0.15, -0.1) is 0 Å². The van der Waals surface area contributed by atoms with Gasteiger partial charge in [-0.3, -0.25) is 4.89 Å². The fourth-order valence-corrected chi connectivity index (χ4v) is 0.167. The topological polar surface area (TPSA) is 86.7 Å². The molecular weight excluding hydrogens is 151 g/mol. The number of carboxylic acids is 1. The van der Waals surface area contributed by atoms with Crippen LogP contribution in [0.5, 0.6) is 0 Å². The molecule has 0 aromatic carbocycles. The summed E-state index contributed by atoms with van der Waals surface area (Å²) in [7, 11) is 0. The van der Waals surface area contributed by atoms with Gasteiger partial charge in [0, 0.05) is 6.08 Å². The summed E-state index contributed by atoms with van der Waals surface area (Å²) < 4.78 is 0. The Balaban J connectivity index is 0. The average Bonchev–Trinajstić information content (AvgIpc) is 1.83. The van der Waals surface area contributed by atoms with Crippen LogP contribution in [0.1, 0.15) is 0 Å². The van der Waals surface area contributed by atoms with Crippen LogP contribution in [0.15, 0.2) is 12.2 Å². The van der Waals surface area contributed by atoms with Gasteiger partial charge in [0.25, 0.3) is 0 Å². The molecule has 0 rings (SSSR count). The van der Waals surface area contributed by atoms with E-state index in [9.17, 15) is 14.7 Å². The van der Waals surface area contributed by atoms with Crippen molar-refractivity contribution in [3.8, 4) is 0 Å². The van der Waals surface area contributed by atoms with Gasteiger partial charge >= 0.3 is 35.5 Å². The summed E-state index contributed by atoms with van der Waals surface area (Å²) in [5, 5.41) is 17.1. The maximum absolute atomic E-state index is 9.87. The molecule has 0 saturated carbocycles. The van der Waals surface area contributed by atoms with Crippen molar-refractivity contribution >= 4 is 11.9 Å². The minimum Gasteiger partial charge on any atom is -0.545 e. The van der Waals surface area contributed by atoms with E-state index in [4.69, 9.17) is 5.26 Å². The molecule has 0 amide bonds. The Bertz CT molecular complexity index is 152. The first kappa shape index (κ1) is 12.3. The summed E-state index contributed by atoms with van der Waals surface area (Å²) in [5.41, 5.74) is 0. The van der Waals surface area contributed by atoms with Gasteiger partial charge < -0.3 is 9.90 Å². The van der Waals surface area contributed by atoms with Crippen molar-refractivity contribution in [3.63, 3.8) is 0 Å². The molecule has 0 bridgehead atoms. The first-order valence-corrected chi connectivity index (χ1v) is 1.91. The second kappa shape index (κ2) is 6.76. The minimum atomic E-state index is -1.53. The minimum absolute atomic E-state index is 0. The van der Waals surface area contributed by atoms with Crippen LogP contribution in [0.25, 0.3) is 0 Å². The molecule has 0 unspecified atom stereocenters. The number of hydrogen-bond donors (Lipinski definition) is 1. The van der Waals surface area contributed by atoms with E-state index < -0.39 is 11.9 Å². The van der Waals surface area contributed by atoms with Gasteiger partial charge in [0.15, 0.2) is 0 Å². The van der Waals surface area contributed by atoms with E-state index in [0.717, 1.165) is 0 Å². The van der Waals surface area contributed by atoms with Crippen LogP contribution in [0.3, 0.4) is 0 Å². The van der Waals surface area contributed by atoms with Crippen molar-refractivity contribution in [1.29, 1.82) is 0 Å². The number of carbonyl (C=O) groups excluding carboxylic acids is 2. The second-order valence-electron chi connectivity index (χ2n) is 1.06. The fraction of sp³-hybridized carbons (Fsp3) is 0. The summed E-state index contributed by atoms with van der Waals surface area (Å²) in [6.45, 7) is 0. The summed E-state index contributed by atoms with van der Waals surface area (Å²) in [4.78, 5) is 22.5. The van der Waals surface area contributed by atoms with Crippen LogP contribution < -0.4 is 34.7 Å². The summed E-state index contributed by atoms with van der Waals surface area (Å²) in [6, 6.07) is 0. The predicted molar refractivity (Wildman–Crippen MR) is 22.9 cm³/mol. The van der Waals surface area contributed by atoms with E-state index in [1.54, 1.807) is 0 Å². The van der Waals surface area contributed by atoms with Crippen LogP contribution in [0, 0.1) is 0 Å². The number of carboxylic acid groups (broad SMARTS) is 1. The largest absolute Gasteiger partial charge is 1.00 e. The molecule has 0 aromatic heterocycles. The third kappa shape index (κ3) is 7.64. The van der Waals surface area contributed by atoms with Gasteiger partial charge in [0.1, 0.15) is 0 Å². The van der Waals surface area contributed by atoms with Crippen molar-refractivity contribution < 1.29 is 54.4 Å². The molecule has 1 N–H and O–H groups in total. The van der Waals surface area contributed by atoms with Gasteiger partial charge in [-0.25, -0.2) is 4.79 Å². The number of carbonyl (C=O) groups is 2. The van der Waals surface area contributed by atoms with Crippen molar-refractivity contribution in [2.24, 2.45) is 0 Å². The molecule has 50 valence electrons. The quantitative estimate of drug-likeness (QED) is 0.187. The molecule has 0 spiro atoms. The zero-order valence-electron chi connectivity index (χ0n) is 5.23. The van der Waals surface area contributed by atoms with E-state index in [1.807, 2.05) is 0 Å². The SMILES string of the molecule is O=C([O-])/C=C\C(=O)OO.[Na+]. The standard InChI is InChI=1S/C4H4O5.Na/c5-3(6)1-2-4(7)9-8;/h1-2,8H,(H,5,6);/q;+1/p-1/b2-1-;.